The van der Waals surface area contributed by atoms with Crippen LogP contribution in [0.4, 0.5) is 5.82 Å². The molecule has 10 heteroatoms. The molecule has 0 saturated carbocycles. The Kier molecular flexibility index (Phi) is 5.51. The molecule has 0 aliphatic carbocycles. The third kappa shape index (κ3) is 5.46. The number of nitrogen functional groups attached to an aromatic ring is 1. The number of amides is 1. The third-order valence-corrected chi connectivity index (χ3v) is 3.86. The molecule has 1 aromatic rings. The zero-order valence-corrected chi connectivity index (χ0v) is 13.5. The number of rotatable bonds is 5. The maximum absolute atomic E-state index is 12.0. The van der Waals surface area contributed by atoms with Crippen LogP contribution in [0.15, 0.2) is 17.2 Å². The maximum Gasteiger partial charge on any atom is 0.242 e. The van der Waals surface area contributed by atoms with Gasteiger partial charge in [0.15, 0.2) is 5.82 Å². The number of nitrogens with zero attached hydrogens (tertiary/aromatic N) is 1. The number of anilines is 1. The highest BCUT2D eigenvalue weighted by Gasteiger charge is 2.19. The molecule has 0 radical (unpaired) electrons. The summed E-state index contributed by atoms with van der Waals surface area (Å²) in [6.07, 6.45) is 1.09. The van der Waals surface area contributed by atoms with Crippen LogP contribution >= 0.6 is 11.6 Å². The summed E-state index contributed by atoms with van der Waals surface area (Å²) < 4.78 is 26.2. The van der Waals surface area contributed by atoms with Gasteiger partial charge in [-0.15, -0.1) is 0 Å². The molecule has 0 bridgehead atoms. The smallest absolute Gasteiger partial charge is 0.242 e. The number of hydrogen-bond acceptors (Lipinski definition) is 6. The van der Waals surface area contributed by atoms with Gasteiger partial charge in [0.05, 0.1) is 11.6 Å². The van der Waals surface area contributed by atoms with Crippen molar-refractivity contribution in [3.8, 4) is 0 Å². The number of nitrogens with one attached hydrogen (secondary N) is 3. The number of carbonyl (C=O) groups excluding carboxylic acids is 1. The minimum absolute atomic E-state index is 0.0551. The van der Waals surface area contributed by atoms with Gasteiger partial charge in [-0.2, -0.15) is 0 Å². The maximum atomic E-state index is 12.0. The lowest BCUT2D eigenvalue weighted by molar-refractivity contribution is -0.121. The van der Waals surface area contributed by atoms with E-state index in [2.05, 4.69) is 20.4 Å². The van der Waals surface area contributed by atoms with E-state index in [0.717, 1.165) is 6.20 Å². The Morgan fingerprint density at radius 2 is 2.05 bits per heavy atom. The number of nitrogens with two attached hydrogens (primary N) is 1. The Morgan fingerprint density at radius 3 is 2.52 bits per heavy atom. The van der Waals surface area contributed by atoms with Crippen molar-refractivity contribution in [3.63, 3.8) is 0 Å². The van der Waals surface area contributed by atoms with Gasteiger partial charge in [-0.1, -0.05) is 11.6 Å². The second kappa shape index (κ2) is 6.56. The highest BCUT2D eigenvalue weighted by Crippen LogP contribution is 2.21. The number of carbonyl (C=O) groups is 1. The van der Waals surface area contributed by atoms with Gasteiger partial charge in [0, 0.05) is 11.7 Å². The fraction of sp³-hybridized carbons (Fsp3) is 0.455. The molecule has 8 nitrogen and oxygen atoms in total. The summed E-state index contributed by atoms with van der Waals surface area (Å²) in [6, 6.07) is 1.19. The van der Waals surface area contributed by atoms with E-state index in [1.165, 1.54) is 6.07 Å². The number of aromatic nitrogens is 1. The van der Waals surface area contributed by atoms with Crippen LogP contribution in [0.3, 0.4) is 0 Å². The largest absolute Gasteiger partial charge is 0.350 e. The van der Waals surface area contributed by atoms with E-state index in [1.54, 1.807) is 20.8 Å². The van der Waals surface area contributed by atoms with Crippen LogP contribution in [-0.2, 0) is 14.8 Å². The highest BCUT2D eigenvalue weighted by atomic mass is 35.5. The Morgan fingerprint density at radius 1 is 1.43 bits per heavy atom. The molecule has 1 amide bonds. The van der Waals surface area contributed by atoms with Gasteiger partial charge >= 0.3 is 0 Å². The molecule has 5 N–H and O–H groups in total. The van der Waals surface area contributed by atoms with Crippen LogP contribution in [0.2, 0.25) is 5.02 Å². The van der Waals surface area contributed by atoms with Crippen LogP contribution in [0.25, 0.3) is 0 Å². The molecule has 0 atom stereocenters. The SMILES string of the molecule is CC(C)(C)NC(=O)CNS(=O)(=O)c1cnc(NN)c(Cl)c1. The van der Waals surface area contributed by atoms with Crippen LogP contribution in [-0.4, -0.2) is 31.4 Å². The van der Waals surface area contributed by atoms with Crippen molar-refractivity contribution in [3.05, 3.63) is 17.3 Å². The average molecular weight is 336 g/mol. The number of hydrogen-bond donors (Lipinski definition) is 4. The molecule has 0 aliphatic rings. The van der Waals surface area contributed by atoms with Gasteiger partial charge in [0.2, 0.25) is 15.9 Å². The first kappa shape index (κ1) is 17.6. The van der Waals surface area contributed by atoms with Crippen molar-refractivity contribution >= 4 is 33.3 Å². The van der Waals surface area contributed by atoms with E-state index in [9.17, 15) is 13.2 Å². The van der Waals surface area contributed by atoms with E-state index in [0.29, 0.717) is 0 Å². The monoisotopic (exact) mass is 335 g/mol. The van der Waals surface area contributed by atoms with Crippen molar-refractivity contribution in [1.29, 1.82) is 0 Å². The van der Waals surface area contributed by atoms with Crippen LogP contribution in [0.5, 0.6) is 0 Å². The lowest BCUT2D eigenvalue weighted by atomic mass is 10.1. The van der Waals surface area contributed by atoms with E-state index in [-0.39, 0.29) is 22.3 Å². The summed E-state index contributed by atoms with van der Waals surface area (Å²) in [7, 11) is -3.88. The lowest BCUT2D eigenvalue weighted by Crippen LogP contribution is -2.45. The van der Waals surface area contributed by atoms with Gasteiger partial charge in [-0.3, -0.25) is 4.79 Å². The third-order valence-electron chi connectivity index (χ3n) is 2.20. The van der Waals surface area contributed by atoms with Gasteiger partial charge in [-0.25, -0.2) is 24.0 Å². The van der Waals surface area contributed by atoms with Crippen LogP contribution < -0.4 is 21.3 Å². The second-order valence-corrected chi connectivity index (χ2v) is 7.44. The number of pyridine rings is 1. The highest BCUT2D eigenvalue weighted by molar-refractivity contribution is 7.89. The van der Waals surface area contributed by atoms with Crippen molar-refractivity contribution in [2.45, 2.75) is 31.2 Å². The Hall–Kier alpha value is -1.42. The van der Waals surface area contributed by atoms with E-state index < -0.39 is 21.5 Å². The van der Waals surface area contributed by atoms with E-state index in [4.69, 9.17) is 17.4 Å². The molecular weight excluding hydrogens is 318 g/mol. The summed E-state index contributed by atoms with van der Waals surface area (Å²) in [5, 5.41) is 2.69. The molecule has 1 heterocycles. The summed E-state index contributed by atoms with van der Waals surface area (Å²) in [5.41, 5.74) is 1.78. The molecule has 0 aliphatic heterocycles. The second-order valence-electron chi connectivity index (χ2n) is 5.27. The molecular formula is C11H18ClN5O3S. The van der Waals surface area contributed by atoms with Gasteiger partial charge < -0.3 is 10.7 Å². The molecule has 0 fully saturated rings. The van der Waals surface area contributed by atoms with Crippen molar-refractivity contribution < 1.29 is 13.2 Å². The van der Waals surface area contributed by atoms with Crippen LogP contribution in [0, 0.1) is 0 Å². The molecule has 0 aromatic carbocycles. The predicted octanol–water partition coefficient (Wildman–Crippen LogP) is 0.214. The predicted molar refractivity (Wildman–Crippen MR) is 80.1 cm³/mol. The first-order valence-corrected chi connectivity index (χ1v) is 7.84. The topological polar surface area (TPSA) is 126 Å². The molecule has 1 rings (SSSR count). The summed E-state index contributed by atoms with van der Waals surface area (Å²) >= 11 is 5.81. The minimum Gasteiger partial charge on any atom is -0.350 e. The van der Waals surface area contributed by atoms with Crippen molar-refractivity contribution in [2.75, 3.05) is 12.0 Å². The van der Waals surface area contributed by atoms with Crippen molar-refractivity contribution in [2.24, 2.45) is 5.84 Å². The normalized spacial score (nSPS) is 12.0. The summed E-state index contributed by atoms with van der Waals surface area (Å²) in [6.45, 7) is 5.00. The van der Waals surface area contributed by atoms with Gasteiger partial charge in [0.25, 0.3) is 0 Å². The summed E-state index contributed by atoms with van der Waals surface area (Å²) in [4.78, 5) is 15.2. The van der Waals surface area contributed by atoms with Crippen molar-refractivity contribution in [1.82, 2.24) is 15.0 Å². The number of halogens is 1. The first-order valence-electron chi connectivity index (χ1n) is 5.98. The first-order chi connectivity index (χ1) is 9.55. The molecule has 118 valence electrons. The Balaban J connectivity index is 2.78. The average Bonchev–Trinajstić information content (AvgIpc) is 2.34. The zero-order chi connectivity index (χ0) is 16.3. The number of hydrazine groups is 1. The van der Waals surface area contributed by atoms with E-state index in [1.807, 2.05) is 0 Å². The van der Waals surface area contributed by atoms with Gasteiger partial charge in [-0.05, 0) is 26.8 Å². The fourth-order valence-corrected chi connectivity index (χ4v) is 2.62. The van der Waals surface area contributed by atoms with E-state index >= 15 is 0 Å². The molecule has 0 unspecified atom stereocenters. The lowest BCUT2D eigenvalue weighted by Gasteiger charge is -2.20. The quantitative estimate of drug-likeness (QED) is 0.450. The standard InChI is InChI=1S/C11H18ClN5O3S/c1-11(2,3)16-9(18)6-15-21(19,20)7-4-8(12)10(17-13)14-5-7/h4-5,15H,6,13H2,1-3H3,(H,14,17)(H,16,18). The molecule has 1 aromatic heterocycles. The zero-order valence-electron chi connectivity index (χ0n) is 11.9. The fourth-order valence-electron chi connectivity index (χ4n) is 1.38. The number of sulfonamides is 1. The molecule has 0 saturated heterocycles. The Labute approximate surface area is 128 Å². The van der Waals surface area contributed by atoms with Crippen LogP contribution in [0.1, 0.15) is 20.8 Å². The Bertz CT molecular complexity index is 627. The minimum atomic E-state index is -3.88. The molecule has 21 heavy (non-hydrogen) atoms. The molecule has 0 spiro atoms. The summed E-state index contributed by atoms with van der Waals surface area (Å²) in [5.74, 6) is 4.87. The van der Waals surface area contributed by atoms with Gasteiger partial charge in [0.1, 0.15) is 4.90 Å².